The van der Waals surface area contributed by atoms with Gasteiger partial charge in [0.25, 0.3) is 0 Å². The lowest BCUT2D eigenvalue weighted by Gasteiger charge is -2.35. The van der Waals surface area contributed by atoms with Crippen LogP contribution in [-0.2, 0) is 22.7 Å². The number of carbonyl (C=O) groups excluding carboxylic acids is 2. The van der Waals surface area contributed by atoms with Gasteiger partial charge in [-0.3, -0.25) is 14.5 Å². The summed E-state index contributed by atoms with van der Waals surface area (Å²) in [4.78, 5) is 31.8. The zero-order valence-electron chi connectivity index (χ0n) is 21.7. The molecule has 1 aliphatic heterocycles. The van der Waals surface area contributed by atoms with Crippen LogP contribution in [0.15, 0.2) is 72.8 Å². The number of benzene rings is 2. The summed E-state index contributed by atoms with van der Waals surface area (Å²) in [5, 5.41) is 3.31. The molecule has 0 saturated heterocycles. The number of hydrogen-bond acceptors (Lipinski definition) is 3. The van der Waals surface area contributed by atoms with Crippen LogP contribution in [0.3, 0.4) is 0 Å². The van der Waals surface area contributed by atoms with Crippen molar-refractivity contribution < 1.29 is 9.59 Å². The maximum absolute atomic E-state index is 14.0. The van der Waals surface area contributed by atoms with Crippen LogP contribution in [-0.4, -0.2) is 40.7 Å². The van der Waals surface area contributed by atoms with Crippen molar-refractivity contribution in [2.45, 2.75) is 71.1 Å². The van der Waals surface area contributed by atoms with Gasteiger partial charge in [0.15, 0.2) is 0 Å². The highest BCUT2D eigenvalue weighted by molar-refractivity contribution is 5.90. The van der Waals surface area contributed by atoms with Gasteiger partial charge in [-0.05, 0) is 48.9 Å². The number of aryl methyl sites for hydroxylation is 1. The first-order valence-electron chi connectivity index (χ1n) is 13.2. The normalized spacial score (nSPS) is 17.3. The van der Waals surface area contributed by atoms with E-state index in [1.165, 1.54) is 17.5 Å². The largest absolute Gasteiger partial charge is 0.351 e. The minimum Gasteiger partial charge on any atom is -0.351 e. The lowest BCUT2D eigenvalue weighted by atomic mass is 9.93. The number of allylic oxidation sites excluding steroid dienone is 2. The summed E-state index contributed by atoms with van der Waals surface area (Å²) >= 11 is 0. The minimum absolute atomic E-state index is 0.0355. The molecular weight excluding hydrogens is 446 g/mol. The molecule has 5 nitrogen and oxygen atoms in total. The van der Waals surface area contributed by atoms with Gasteiger partial charge in [-0.1, -0.05) is 92.1 Å². The Hall–Kier alpha value is -3.18. The lowest BCUT2D eigenvalue weighted by molar-refractivity contribution is -0.141. The van der Waals surface area contributed by atoms with Crippen LogP contribution in [0.1, 0.15) is 67.3 Å². The first kappa shape index (κ1) is 25.9. The van der Waals surface area contributed by atoms with Crippen molar-refractivity contribution in [3.8, 4) is 0 Å². The van der Waals surface area contributed by atoms with E-state index in [1.54, 1.807) is 11.0 Å². The van der Waals surface area contributed by atoms with Crippen LogP contribution in [0.5, 0.6) is 0 Å². The average Bonchev–Trinajstić information content (AvgIpc) is 3.28. The van der Waals surface area contributed by atoms with Crippen LogP contribution in [0.2, 0.25) is 0 Å². The molecule has 0 bridgehead atoms. The Bertz CT molecular complexity index is 1090. The monoisotopic (exact) mass is 485 g/mol. The number of nitrogens with one attached hydrogen (secondary N) is 1. The first-order chi connectivity index (χ1) is 17.5. The number of amides is 2. The van der Waals surface area contributed by atoms with E-state index in [0.29, 0.717) is 6.54 Å². The Balaban J connectivity index is 1.63. The molecule has 190 valence electrons. The molecule has 1 saturated carbocycles. The van der Waals surface area contributed by atoms with E-state index in [9.17, 15) is 9.59 Å². The van der Waals surface area contributed by atoms with Gasteiger partial charge < -0.3 is 10.2 Å². The fraction of sp³-hybridized carbons (Fsp3) is 0.419. The van der Waals surface area contributed by atoms with Crippen LogP contribution in [0, 0.1) is 6.92 Å². The van der Waals surface area contributed by atoms with Gasteiger partial charge in [0, 0.05) is 25.7 Å². The summed E-state index contributed by atoms with van der Waals surface area (Å²) in [6.45, 7) is 9.98. The molecule has 1 N–H and O–H groups in total. The number of carbonyl (C=O) groups is 2. The predicted molar refractivity (Wildman–Crippen MR) is 145 cm³/mol. The van der Waals surface area contributed by atoms with Crippen molar-refractivity contribution in [2.75, 3.05) is 13.1 Å². The molecule has 0 aromatic heterocycles. The third-order valence-electron chi connectivity index (χ3n) is 7.40. The van der Waals surface area contributed by atoms with Gasteiger partial charge in [-0.2, -0.15) is 0 Å². The van der Waals surface area contributed by atoms with Crippen LogP contribution >= 0.6 is 0 Å². The smallest absolute Gasteiger partial charge is 0.247 e. The van der Waals surface area contributed by atoms with Gasteiger partial charge in [0.1, 0.15) is 6.04 Å². The second-order valence-electron chi connectivity index (χ2n) is 10.3. The Morgan fingerprint density at radius 2 is 1.69 bits per heavy atom. The van der Waals surface area contributed by atoms with E-state index in [1.807, 2.05) is 56.3 Å². The van der Waals surface area contributed by atoms with Crippen molar-refractivity contribution in [3.05, 3.63) is 95.1 Å². The highest BCUT2D eigenvalue weighted by Crippen LogP contribution is 2.28. The highest BCUT2D eigenvalue weighted by Gasteiger charge is 2.35. The van der Waals surface area contributed by atoms with Gasteiger partial charge >= 0.3 is 0 Å². The fourth-order valence-electron chi connectivity index (χ4n) is 5.51. The fourth-order valence-corrected chi connectivity index (χ4v) is 5.51. The van der Waals surface area contributed by atoms with Crippen molar-refractivity contribution in [3.63, 3.8) is 0 Å². The summed E-state index contributed by atoms with van der Waals surface area (Å²) in [6, 6.07) is 15.8. The maximum atomic E-state index is 14.0. The third kappa shape index (κ3) is 6.33. The van der Waals surface area contributed by atoms with E-state index in [4.69, 9.17) is 0 Å². The molecule has 2 amide bonds. The maximum Gasteiger partial charge on any atom is 0.247 e. The molecule has 2 aromatic rings. The average molecular weight is 486 g/mol. The van der Waals surface area contributed by atoms with E-state index >= 15 is 0 Å². The number of hydrogen-bond donors (Lipinski definition) is 1. The lowest BCUT2D eigenvalue weighted by Crippen LogP contribution is -2.49. The molecule has 1 atom stereocenters. The van der Waals surface area contributed by atoms with E-state index in [0.717, 1.165) is 55.5 Å². The Labute approximate surface area is 215 Å². The molecule has 0 spiro atoms. The zero-order valence-corrected chi connectivity index (χ0v) is 21.7. The van der Waals surface area contributed by atoms with Gasteiger partial charge in [0.05, 0.1) is 6.54 Å². The molecule has 1 heterocycles. The van der Waals surface area contributed by atoms with E-state index in [-0.39, 0.29) is 24.4 Å². The van der Waals surface area contributed by atoms with Crippen LogP contribution < -0.4 is 5.32 Å². The van der Waals surface area contributed by atoms with Gasteiger partial charge in [-0.15, -0.1) is 0 Å². The quantitative estimate of drug-likeness (QED) is 0.480. The summed E-state index contributed by atoms with van der Waals surface area (Å²) in [5.41, 5.74) is 5.43. The van der Waals surface area contributed by atoms with Crippen LogP contribution in [0.4, 0.5) is 0 Å². The molecule has 36 heavy (non-hydrogen) atoms. The summed E-state index contributed by atoms with van der Waals surface area (Å²) in [6.07, 6.45) is 9.16. The third-order valence-corrected chi connectivity index (χ3v) is 7.40. The van der Waals surface area contributed by atoms with Crippen LogP contribution in [0.25, 0.3) is 0 Å². The van der Waals surface area contributed by atoms with Crippen molar-refractivity contribution >= 4 is 11.8 Å². The number of rotatable bonds is 9. The highest BCUT2D eigenvalue weighted by atomic mass is 16.2. The molecular formula is C31H39N3O2. The van der Waals surface area contributed by atoms with Crippen molar-refractivity contribution in [1.29, 1.82) is 0 Å². The van der Waals surface area contributed by atoms with E-state index < -0.39 is 6.04 Å². The molecule has 2 aromatic carbocycles. The number of nitrogens with zero attached hydrogens (tertiary/aromatic N) is 2. The summed E-state index contributed by atoms with van der Waals surface area (Å²) in [5.74, 6) is -0.118. The predicted octanol–water partition coefficient (Wildman–Crippen LogP) is 5.46. The molecule has 2 aliphatic rings. The summed E-state index contributed by atoms with van der Waals surface area (Å²) in [7, 11) is 0. The summed E-state index contributed by atoms with van der Waals surface area (Å²) < 4.78 is 0. The Morgan fingerprint density at radius 3 is 2.33 bits per heavy atom. The topological polar surface area (TPSA) is 52.7 Å². The number of fused-ring (bicyclic) bond motifs is 1. The van der Waals surface area contributed by atoms with Crippen molar-refractivity contribution in [1.82, 2.24) is 15.1 Å². The SMILES string of the molecule is C=CC=C(C)CN(C(=O)CN1Cc2ccccc2C1)C(C(=O)NC1CCCCC1)c1ccccc1C. The molecule has 1 fully saturated rings. The molecule has 1 unspecified atom stereocenters. The molecule has 0 radical (unpaired) electrons. The molecule has 5 heteroatoms. The zero-order chi connectivity index (χ0) is 25.5. The second-order valence-corrected chi connectivity index (χ2v) is 10.3. The van der Waals surface area contributed by atoms with Gasteiger partial charge in [0.2, 0.25) is 11.8 Å². The second kappa shape index (κ2) is 12.2. The van der Waals surface area contributed by atoms with Gasteiger partial charge in [-0.25, -0.2) is 0 Å². The molecule has 1 aliphatic carbocycles. The Kier molecular flexibility index (Phi) is 8.76. The van der Waals surface area contributed by atoms with Crippen molar-refractivity contribution in [2.24, 2.45) is 0 Å². The molecule has 4 rings (SSSR count). The minimum atomic E-state index is -0.682. The first-order valence-corrected chi connectivity index (χ1v) is 13.2. The standard InChI is InChI=1S/C31H39N3O2/c1-4-12-23(2)19-34(29(35)22-33-20-25-14-9-10-15-26(25)21-33)30(28-18-11-8-13-24(28)3)31(36)32-27-16-6-5-7-17-27/h4,8-15,18,27,30H,1,5-7,16-17,19-22H2,2-3H3,(H,32,36). The van der Waals surface area contributed by atoms with E-state index in [2.05, 4.69) is 28.9 Å². The Morgan fingerprint density at radius 1 is 1.06 bits per heavy atom.